The average molecular weight is 602 g/mol. The van der Waals surface area contributed by atoms with Gasteiger partial charge in [-0.3, -0.25) is 19.2 Å². The van der Waals surface area contributed by atoms with Gasteiger partial charge < -0.3 is 34.4 Å². The van der Waals surface area contributed by atoms with Gasteiger partial charge in [-0.25, -0.2) is 0 Å². The molecule has 2 N–H and O–H groups in total. The number of β-amino-alcohol motifs (C(OH)–C–C–N with tert-alkyl or cyclic N) is 1. The topological polar surface area (TPSA) is 135 Å². The molecule has 0 aromatic heterocycles. The molecule has 0 unspecified atom stereocenters. The zero-order valence-corrected chi connectivity index (χ0v) is 24.3. The lowest BCUT2D eigenvalue weighted by atomic mass is 9.74. The van der Waals surface area contributed by atoms with Crippen molar-refractivity contribution in [1.82, 2.24) is 10.2 Å². The number of nitrogens with zero attached hydrogens (tertiary/aromatic N) is 2. The number of carbonyl (C=O) groups is 4. The number of rotatable bonds is 5. The summed E-state index contributed by atoms with van der Waals surface area (Å²) in [4.78, 5) is 58.1. The number of ether oxygens (including phenoxy) is 3. The number of nitrogens with one attached hydrogen (secondary N) is 1. The van der Waals surface area contributed by atoms with Crippen molar-refractivity contribution in [3.63, 3.8) is 0 Å². The molecule has 3 amide bonds. The molecule has 1 spiro atoms. The molecule has 0 saturated carbocycles. The van der Waals surface area contributed by atoms with Crippen molar-refractivity contribution in [3.05, 3.63) is 84.5 Å². The number of benzene rings is 2. The molecule has 0 aliphatic carbocycles. The molecule has 11 nitrogen and oxygen atoms in total. The first kappa shape index (κ1) is 29.6. The third-order valence-corrected chi connectivity index (χ3v) is 8.80. The highest BCUT2D eigenvalue weighted by Gasteiger charge is 2.73. The summed E-state index contributed by atoms with van der Waals surface area (Å²) in [5, 5.41) is 12.9. The van der Waals surface area contributed by atoms with E-state index in [0.29, 0.717) is 17.9 Å². The van der Waals surface area contributed by atoms with Gasteiger partial charge in [0, 0.05) is 25.2 Å². The van der Waals surface area contributed by atoms with Gasteiger partial charge in [-0.1, -0.05) is 54.6 Å². The molecule has 11 heteroatoms. The van der Waals surface area contributed by atoms with Crippen LogP contribution in [-0.2, 0) is 28.7 Å². The van der Waals surface area contributed by atoms with Crippen LogP contribution >= 0.6 is 0 Å². The molecular weight excluding hydrogens is 566 g/mol. The molecular formula is C33H35N3O8. The molecule has 6 atom stereocenters. The number of allylic oxidation sites excluding steroid dienone is 1. The summed E-state index contributed by atoms with van der Waals surface area (Å²) in [7, 11) is 1.55. The minimum Gasteiger partial charge on any atom is -0.497 e. The first-order valence-corrected chi connectivity index (χ1v) is 14.8. The normalized spacial score (nSPS) is 31.1. The van der Waals surface area contributed by atoms with E-state index in [1.54, 1.807) is 55.7 Å². The second-order valence-corrected chi connectivity index (χ2v) is 11.3. The Bertz CT molecular complexity index is 1480. The van der Waals surface area contributed by atoms with Crippen molar-refractivity contribution in [2.75, 3.05) is 38.3 Å². The van der Waals surface area contributed by atoms with Crippen molar-refractivity contribution in [1.29, 1.82) is 0 Å². The molecule has 2 saturated heterocycles. The second kappa shape index (κ2) is 12.3. The standard InChI is InChI=1S/C33H35N3O8/c1-42-23-13-11-22(12-14-23)35-17-7-3-6-10-26(38)43-20-24(21-8-4-2-5-9-21)34-30(39)27-25-15-16-33(44-25)28(27)31(40)36(18-19-37)29(33)32(35)41/h2-5,7-9,11-16,24-25,27-29,37H,6,10,17-20H2,1H3,(H,34,39)/b7-3-/t24-,25-,27+,28+,29-,33+/m0/s1. The van der Waals surface area contributed by atoms with Gasteiger partial charge in [-0.05, 0) is 36.2 Å². The van der Waals surface area contributed by atoms with Crippen LogP contribution in [0.15, 0.2) is 78.9 Å². The predicted octanol–water partition coefficient (Wildman–Crippen LogP) is 1.92. The highest BCUT2D eigenvalue weighted by molar-refractivity contribution is 6.05. The van der Waals surface area contributed by atoms with E-state index in [2.05, 4.69) is 5.32 Å². The lowest BCUT2D eigenvalue weighted by molar-refractivity contribution is -0.145. The van der Waals surface area contributed by atoms with Gasteiger partial charge in [0.15, 0.2) is 0 Å². The molecule has 2 aromatic rings. The van der Waals surface area contributed by atoms with Crippen LogP contribution in [0.2, 0.25) is 0 Å². The van der Waals surface area contributed by atoms with Crippen LogP contribution in [-0.4, -0.2) is 84.9 Å². The maximum atomic E-state index is 14.6. The Kier molecular flexibility index (Phi) is 8.24. The number of likely N-dealkylation sites (tertiary alicyclic amines) is 1. The number of aliphatic hydroxyl groups excluding tert-OH is 1. The van der Waals surface area contributed by atoms with E-state index < -0.39 is 59.3 Å². The third kappa shape index (κ3) is 5.16. The fraction of sp³-hybridized carbons (Fsp3) is 0.394. The van der Waals surface area contributed by atoms with E-state index >= 15 is 0 Å². The zero-order chi connectivity index (χ0) is 30.8. The third-order valence-electron chi connectivity index (χ3n) is 8.80. The molecule has 4 aliphatic rings. The fourth-order valence-corrected chi connectivity index (χ4v) is 6.75. The van der Waals surface area contributed by atoms with Gasteiger partial charge in [0.2, 0.25) is 11.8 Å². The van der Waals surface area contributed by atoms with Crippen molar-refractivity contribution >= 4 is 29.4 Å². The molecule has 4 heterocycles. The fourth-order valence-electron chi connectivity index (χ4n) is 6.75. The van der Waals surface area contributed by atoms with Crippen molar-refractivity contribution in [3.8, 4) is 5.75 Å². The lowest BCUT2D eigenvalue weighted by Gasteiger charge is -2.35. The minimum absolute atomic E-state index is 0.0842. The second-order valence-electron chi connectivity index (χ2n) is 11.3. The van der Waals surface area contributed by atoms with E-state index in [9.17, 15) is 24.3 Å². The number of esters is 1. The molecule has 2 aromatic carbocycles. The molecule has 6 rings (SSSR count). The molecule has 4 aliphatic heterocycles. The van der Waals surface area contributed by atoms with Crippen LogP contribution < -0.4 is 15.0 Å². The molecule has 5 bridgehead atoms. The average Bonchev–Trinajstić information content (AvgIpc) is 3.68. The van der Waals surface area contributed by atoms with Gasteiger partial charge in [0.25, 0.3) is 5.91 Å². The summed E-state index contributed by atoms with van der Waals surface area (Å²) >= 11 is 0. The summed E-state index contributed by atoms with van der Waals surface area (Å²) < 4.78 is 17.3. The van der Waals surface area contributed by atoms with Crippen LogP contribution in [0.5, 0.6) is 5.75 Å². The van der Waals surface area contributed by atoms with Gasteiger partial charge in [-0.15, -0.1) is 0 Å². The Morgan fingerprint density at radius 1 is 1.02 bits per heavy atom. The zero-order valence-electron chi connectivity index (χ0n) is 24.3. The Morgan fingerprint density at radius 3 is 2.52 bits per heavy atom. The highest BCUT2D eigenvalue weighted by Crippen LogP contribution is 2.55. The number of fused-ring (bicyclic) bond motifs is 2. The smallest absolute Gasteiger partial charge is 0.306 e. The number of cyclic esters (lactones) is 1. The number of methoxy groups -OCH3 is 1. The van der Waals surface area contributed by atoms with Crippen molar-refractivity contribution < 1.29 is 38.5 Å². The number of aliphatic hydroxyl groups is 1. The quantitative estimate of drug-likeness (QED) is 0.392. The Labute approximate surface area is 255 Å². The Balaban J connectivity index is 1.41. The Morgan fingerprint density at radius 2 is 1.80 bits per heavy atom. The highest BCUT2D eigenvalue weighted by atomic mass is 16.5. The number of carbonyl (C=O) groups excluding carboxylic acids is 4. The first-order valence-electron chi connectivity index (χ1n) is 14.8. The van der Waals surface area contributed by atoms with Gasteiger partial charge in [0.05, 0.1) is 37.7 Å². The monoisotopic (exact) mass is 601 g/mol. The summed E-state index contributed by atoms with van der Waals surface area (Å²) in [6.45, 7) is -0.407. The van der Waals surface area contributed by atoms with Gasteiger partial charge in [0.1, 0.15) is 24.0 Å². The van der Waals surface area contributed by atoms with E-state index in [4.69, 9.17) is 14.2 Å². The lowest BCUT2D eigenvalue weighted by Crippen LogP contribution is -2.56. The maximum Gasteiger partial charge on any atom is 0.306 e. The van der Waals surface area contributed by atoms with Gasteiger partial charge >= 0.3 is 5.97 Å². The van der Waals surface area contributed by atoms with E-state index in [1.807, 2.05) is 30.3 Å². The summed E-state index contributed by atoms with van der Waals surface area (Å²) in [6, 6.07) is 14.3. The molecule has 2 fully saturated rings. The summed E-state index contributed by atoms with van der Waals surface area (Å²) in [5.74, 6) is -3.02. The maximum absolute atomic E-state index is 14.6. The van der Waals surface area contributed by atoms with Crippen LogP contribution in [0.4, 0.5) is 5.69 Å². The SMILES string of the molecule is COc1ccc(N2C/C=C\CCC(=O)OC[C@@H](c3ccccc3)NC(=O)[C@@H]3[C@@H]4C=C[C@]5(O4)[C@H](C2=O)N(CCO)C(=O)[C@@H]35)cc1. The van der Waals surface area contributed by atoms with Crippen LogP contribution in [0, 0.1) is 11.8 Å². The van der Waals surface area contributed by atoms with E-state index in [0.717, 1.165) is 5.56 Å². The van der Waals surface area contributed by atoms with Crippen LogP contribution in [0.1, 0.15) is 24.4 Å². The molecule has 44 heavy (non-hydrogen) atoms. The molecule has 0 radical (unpaired) electrons. The van der Waals surface area contributed by atoms with Crippen LogP contribution in [0.25, 0.3) is 0 Å². The van der Waals surface area contributed by atoms with Crippen molar-refractivity contribution in [2.45, 2.75) is 36.6 Å². The largest absolute Gasteiger partial charge is 0.497 e. The summed E-state index contributed by atoms with van der Waals surface area (Å²) in [5.41, 5.74) is -0.0956. The molecule has 230 valence electrons. The van der Waals surface area contributed by atoms with E-state index in [-0.39, 0.29) is 32.7 Å². The minimum atomic E-state index is -1.40. The summed E-state index contributed by atoms with van der Waals surface area (Å²) in [6.07, 6.45) is 6.83. The van der Waals surface area contributed by atoms with Crippen molar-refractivity contribution in [2.24, 2.45) is 11.8 Å². The van der Waals surface area contributed by atoms with E-state index in [1.165, 1.54) is 9.80 Å². The van der Waals surface area contributed by atoms with Gasteiger partial charge in [-0.2, -0.15) is 0 Å². The first-order chi connectivity index (χ1) is 21.4. The number of hydrogen-bond donors (Lipinski definition) is 2. The van der Waals surface area contributed by atoms with Crippen LogP contribution in [0.3, 0.4) is 0 Å². The number of hydrogen-bond acceptors (Lipinski definition) is 8. The Hall–Kier alpha value is -4.48. The predicted molar refractivity (Wildman–Crippen MR) is 158 cm³/mol. The number of anilines is 1. The number of amides is 3.